The first-order valence-corrected chi connectivity index (χ1v) is 14.7. The zero-order valence-corrected chi connectivity index (χ0v) is 25.3. The number of aldehydes is 1. The Labute approximate surface area is 254 Å². The molecule has 0 aromatic heterocycles. The third-order valence-corrected chi connectivity index (χ3v) is 9.41. The number of aliphatic hydroxyl groups is 1. The van der Waals surface area contributed by atoms with Gasteiger partial charge in [-0.1, -0.05) is 12.1 Å². The van der Waals surface area contributed by atoms with Crippen LogP contribution >= 0.6 is 0 Å². The van der Waals surface area contributed by atoms with E-state index in [1.165, 1.54) is 4.90 Å². The van der Waals surface area contributed by atoms with E-state index in [0.29, 0.717) is 40.8 Å². The van der Waals surface area contributed by atoms with Crippen molar-refractivity contribution in [3.63, 3.8) is 0 Å². The molecule has 2 aromatic rings. The van der Waals surface area contributed by atoms with Gasteiger partial charge in [-0.25, -0.2) is 0 Å². The van der Waals surface area contributed by atoms with Gasteiger partial charge in [-0.3, -0.25) is 29.1 Å². The van der Waals surface area contributed by atoms with Crippen LogP contribution < -0.4 is 10.5 Å². The number of carbonyl (C=O) groups excluding carboxylic acids is 5. The lowest BCUT2D eigenvalue weighted by Crippen LogP contribution is -2.62. The van der Waals surface area contributed by atoms with Crippen LogP contribution in [0.1, 0.15) is 41.3 Å². The molecule has 4 N–H and O–H groups in total. The normalized spacial score (nSPS) is 27.8. The number of phenolic OH excluding ortho intramolecular Hbond substituents is 1. The van der Waals surface area contributed by atoms with E-state index in [-0.39, 0.29) is 24.2 Å². The Hall–Kier alpha value is -4.00. The summed E-state index contributed by atoms with van der Waals surface area (Å²) in [5.41, 5.74) is 6.66. The van der Waals surface area contributed by atoms with Gasteiger partial charge < -0.3 is 30.4 Å². The number of aliphatic imine (C=N–C) groups is 1. The number of rotatable bonds is 8. The second-order valence-electron chi connectivity index (χ2n) is 12.3. The Morgan fingerprint density at radius 1 is 1.16 bits per heavy atom. The van der Waals surface area contributed by atoms with E-state index in [0.717, 1.165) is 25.1 Å². The number of aromatic hydroxyl groups is 1. The Bertz CT molecular complexity index is 1580. The second kappa shape index (κ2) is 12.2. The second-order valence-corrected chi connectivity index (χ2v) is 12.3. The highest BCUT2D eigenvalue weighted by Gasteiger charge is 2.54. The third-order valence-electron chi connectivity index (χ3n) is 9.41. The standard InChI is InChI=1S/C32H38N4O8/c1-15(34-2)44-31-18-7-6-16(13-36-8-5-9-36)10-19(18)26(38)23-20(31)11-17(22(14-37)27(23)39)12-21-25(35(3)4)29(41)24(32(33)43)30(42)28(21)40/h6-7,10,14,17,21-22,24-25,29,38,41H,5,8-9,11-13H2,1-4H3,(H2,33,43). The minimum atomic E-state index is -1.69. The van der Waals surface area contributed by atoms with Crippen molar-refractivity contribution in [2.24, 2.45) is 34.4 Å². The van der Waals surface area contributed by atoms with Crippen LogP contribution in [0.3, 0.4) is 0 Å². The molecule has 6 atom stereocenters. The summed E-state index contributed by atoms with van der Waals surface area (Å²) in [6.45, 7) is 4.32. The SMILES string of the molecule is CN=C(C)Oc1c2c(c(O)c3cc(CN4CCC4)ccc13)C(=O)C(C=O)C(CC1C(=O)C(=O)C(C(N)=O)C(O)C1N(C)C)C2. The molecular formula is C32H38N4O8. The number of nitrogens with zero attached hydrogens (tertiary/aromatic N) is 3. The predicted molar refractivity (Wildman–Crippen MR) is 161 cm³/mol. The molecule has 1 saturated heterocycles. The Kier molecular flexibility index (Phi) is 8.70. The summed E-state index contributed by atoms with van der Waals surface area (Å²) in [6.07, 6.45) is 0.0202. The van der Waals surface area contributed by atoms with E-state index in [2.05, 4.69) is 9.89 Å². The summed E-state index contributed by atoms with van der Waals surface area (Å²) in [4.78, 5) is 72.6. The molecule has 5 rings (SSSR count). The maximum absolute atomic E-state index is 14.0. The van der Waals surface area contributed by atoms with Crippen molar-refractivity contribution in [2.45, 2.75) is 44.9 Å². The van der Waals surface area contributed by atoms with Gasteiger partial charge in [0.2, 0.25) is 17.5 Å². The van der Waals surface area contributed by atoms with Gasteiger partial charge in [0.1, 0.15) is 23.7 Å². The number of hydrogen-bond acceptors (Lipinski definition) is 11. The maximum Gasteiger partial charge on any atom is 0.231 e. The van der Waals surface area contributed by atoms with E-state index >= 15 is 0 Å². The molecule has 44 heavy (non-hydrogen) atoms. The van der Waals surface area contributed by atoms with E-state index < -0.39 is 59.1 Å². The number of amides is 1. The molecule has 2 aliphatic carbocycles. The molecule has 0 bridgehead atoms. The fraction of sp³-hybridized carbons (Fsp3) is 0.500. The number of Topliss-reactive ketones (excluding diaryl/α,β-unsaturated/α-hetero) is 3. The summed E-state index contributed by atoms with van der Waals surface area (Å²) >= 11 is 0. The number of nitrogens with two attached hydrogens (primary N) is 1. The first kappa shape index (κ1) is 31.4. The number of carbonyl (C=O) groups is 5. The summed E-state index contributed by atoms with van der Waals surface area (Å²) in [5.74, 6) is -8.14. The Morgan fingerprint density at radius 3 is 2.43 bits per heavy atom. The van der Waals surface area contributed by atoms with Crippen molar-refractivity contribution >= 4 is 46.2 Å². The minimum Gasteiger partial charge on any atom is -0.507 e. The average molecular weight is 607 g/mol. The molecular weight excluding hydrogens is 568 g/mol. The largest absolute Gasteiger partial charge is 0.507 e. The zero-order valence-electron chi connectivity index (χ0n) is 25.3. The number of phenols is 1. The minimum absolute atomic E-state index is 0.0186. The Balaban J connectivity index is 1.60. The first-order chi connectivity index (χ1) is 20.9. The van der Waals surface area contributed by atoms with Gasteiger partial charge in [0.15, 0.2) is 11.7 Å². The highest BCUT2D eigenvalue weighted by Crippen LogP contribution is 2.48. The number of hydrogen-bond donors (Lipinski definition) is 3. The summed E-state index contributed by atoms with van der Waals surface area (Å²) in [5, 5.41) is 23.5. The van der Waals surface area contributed by atoms with Crippen LogP contribution in [0, 0.1) is 23.7 Å². The molecule has 0 radical (unpaired) electrons. The van der Waals surface area contributed by atoms with Gasteiger partial charge in [-0.15, -0.1) is 0 Å². The van der Waals surface area contributed by atoms with Crippen molar-refractivity contribution in [3.05, 3.63) is 34.9 Å². The zero-order chi connectivity index (χ0) is 32.0. The van der Waals surface area contributed by atoms with Crippen LogP contribution in [0.15, 0.2) is 23.2 Å². The van der Waals surface area contributed by atoms with Gasteiger partial charge in [0.25, 0.3) is 0 Å². The van der Waals surface area contributed by atoms with E-state index in [1.807, 2.05) is 18.2 Å². The number of fused-ring (bicyclic) bond motifs is 2. The van der Waals surface area contributed by atoms with E-state index in [4.69, 9.17) is 10.5 Å². The monoisotopic (exact) mass is 606 g/mol. The molecule has 0 spiro atoms. The molecule has 1 saturated carbocycles. The number of benzene rings is 2. The van der Waals surface area contributed by atoms with E-state index in [9.17, 15) is 34.2 Å². The molecule has 1 aliphatic heterocycles. The number of ether oxygens (including phenoxy) is 1. The average Bonchev–Trinajstić information content (AvgIpc) is 2.95. The first-order valence-electron chi connectivity index (χ1n) is 14.7. The number of primary amides is 1. The fourth-order valence-corrected chi connectivity index (χ4v) is 7.00. The van der Waals surface area contributed by atoms with Crippen LogP contribution in [0.5, 0.6) is 11.5 Å². The van der Waals surface area contributed by atoms with Crippen LogP contribution in [-0.2, 0) is 32.1 Å². The molecule has 12 heteroatoms. The fourth-order valence-electron chi connectivity index (χ4n) is 7.00. The van der Waals surface area contributed by atoms with Gasteiger partial charge in [0, 0.05) is 48.8 Å². The van der Waals surface area contributed by atoms with E-state index in [1.54, 1.807) is 28.1 Å². The molecule has 2 fully saturated rings. The molecule has 1 heterocycles. The summed E-state index contributed by atoms with van der Waals surface area (Å²) in [6, 6.07) is 4.63. The van der Waals surface area contributed by atoms with Crippen molar-refractivity contribution in [1.29, 1.82) is 0 Å². The lowest BCUT2D eigenvalue weighted by atomic mass is 9.65. The number of likely N-dealkylation sites (tertiary alicyclic amines) is 1. The van der Waals surface area contributed by atoms with Crippen molar-refractivity contribution in [3.8, 4) is 11.5 Å². The Morgan fingerprint density at radius 2 is 1.86 bits per heavy atom. The van der Waals surface area contributed by atoms with Crippen molar-refractivity contribution < 1.29 is 38.9 Å². The molecule has 1 amide bonds. The highest BCUT2D eigenvalue weighted by atomic mass is 16.5. The van der Waals surface area contributed by atoms with Gasteiger partial charge in [-0.05, 0) is 64.0 Å². The molecule has 12 nitrogen and oxygen atoms in total. The molecule has 3 aliphatic rings. The summed E-state index contributed by atoms with van der Waals surface area (Å²) in [7, 11) is 4.75. The number of likely N-dealkylation sites (N-methyl/N-ethyl adjacent to an activating group) is 1. The lowest BCUT2D eigenvalue weighted by Gasteiger charge is -2.43. The molecule has 6 unspecified atom stereocenters. The number of ketones is 3. The smallest absolute Gasteiger partial charge is 0.231 e. The highest BCUT2D eigenvalue weighted by molar-refractivity contribution is 6.43. The van der Waals surface area contributed by atoms with Crippen LogP contribution in [-0.4, -0.2) is 102 Å². The maximum atomic E-state index is 14.0. The van der Waals surface area contributed by atoms with Gasteiger partial charge in [0.05, 0.1) is 17.6 Å². The van der Waals surface area contributed by atoms with Crippen molar-refractivity contribution in [1.82, 2.24) is 9.80 Å². The van der Waals surface area contributed by atoms with Gasteiger partial charge >= 0.3 is 0 Å². The topological polar surface area (TPSA) is 180 Å². The van der Waals surface area contributed by atoms with Crippen LogP contribution in [0.2, 0.25) is 0 Å². The molecule has 2 aromatic carbocycles. The molecule has 234 valence electrons. The van der Waals surface area contributed by atoms with Crippen LogP contribution in [0.25, 0.3) is 10.8 Å². The van der Waals surface area contributed by atoms with Gasteiger partial charge in [-0.2, -0.15) is 0 Å². The predicted octanol–water partition coefficient (Wildman–Crippen LogP) is 0.899. The third kappa shape index (κ3) is 5.31. The number of aliphatic hydroxyl groups excluding tert-OH is 1. The van der Waals surface area contributed by atoms with Crippen molar-refractivity contribution in [2.75, 3.05) is 34.2 Å². The summed E-state index contributed by atoms with van der Waals surface area (Å²) < 4.78 is 6.16. The van der Waals surface area contributed by atoms with Crippen LogP contribution in [0.4, 0.5) is 0 Å². The quantitative estimate of drug-likeness (QED) is 0.128. The lowest BCUT2D eigenvalue weighted by molar-refractivity contribution is -0.157.